The van der Waals surface area contributed by atoms with Crippen molar-refractivity contribution in [3.05, 3.63) is 11.6 Å². The molecule has 0 aliphatic heterocycles. The van der Waals surface area contributed by atoms with E-state index < -0.39 is 5.41 Å². The molecule has 0 aromatic carbocycles. The van der Waals surface area contributed by atoms with E-state index in [0.717, 1.165) is 51.4 Å². The quantitative estimate of drug-likeness (QED) is 0.458. The third-order valence-electron chi connectivity index (χ3n) is 12.7. The molecule has 5 aliphatic rings. The van der Waals surface area contributed by atoms with E-state index in [4.69, 9.17) is 0 Å². The molecule has 4 saturated carbocycles. The van der Waals surface area contributed by atoms with Gasteiger partial charge in [0.25, 0.3) is 0 Å². The monoisotopic (exact) mass is 454 g/mol. The summed E-state index contributed by atoms with van der Waals surface area (Å²) in [5.41, 5.74) is 1.24. The van der Waals surface area contributed by atoms with E-state index in [2.05, 4.69) is 47.6 Å². The highest BCUT2D eigenvalue weighted by atomic mass is 16.3. The van der Waals surface area contributed by atoms with Gasteiger partial charge in [0.1, 0.15) is 11.6 Å². The molecule has 0 radical (unpaired) electrons. The number of carbonyl (C=O) groups excluding carboxylic acids is 2. The summed E-state index contributed by atoms with van der Waals surface area (Å²) in [4.78, 5) is 26.4. The molecule has 5 aliphatic carbocycles. The Bertz CT molecular complexity index is 931. The van der Waals surface area contributed by atoms with Gasteiger partial charge in [-0.15, -0.1) is 0 Å². The van der Waals surface area contributed by atoms with Crippen LogP contribution in [0.5, 0.6) is 0 Å². The zero-order chi connectivity index (χ0) is 24.2. The molecule has 4 fully saturated rings. The normalized spacial score (nSPS) is 53.3. The number of allylic oxidation sites excluding steroid dienone is 2. The largest absolute Gasteiger partial charge is 0.395 e. The van der Waals surface area contributed by atoms with E-state index in [9.17, 15) is 14.7 Å². The number of ketones is 2. The summed E-state index contributed by atoms with van der Waals surface area (Å²) in [6.45, 7) is 16.4. The van der Waals surface area contributed by atoms with Gasteiger partial charge >= 0.3 is 0 Å². The Morgan fingerprint density at radius 3 is 2.27 bits per heavy atom. The van der Waals surface area contributed by atoms with Gasteiger partial charge in [-0.05, 0) is 84.4 Å². The second kappa shape index (κ2) is 6.83. The number of fused-ring (bicyclic) bond motifs is 7. The van der Waals surface area contributed by atoms with E-state index in [0.29, 0.717) is 24.0 Å². The second-order valence-corrected chi connectivity index (χ2v) is 14.7. The van der Waals surface area contributed by atoms with Crippen molar-refractivity contribution in [2.24, 2.45) is 50.2 Å². The molecule has 5 rings (SSSR count). The van der Waals surface area contributed by atoms with Crippen LogP contribution in [0.4, 0.5) is 0 Å². The summed E-state index contributed by atoms with van der Waals surface area (Å²) in [5.74, 6) is 1.90. The molecule has 0 spiro atoms. The van der Waals surface area contributed by atoms with Gasteiger partial charge in [0.15, 0.2) is 0 Å². The predicted octanol–water partition coefficient (Wildman–Crippen LogP) is 6.53. The van der Waals surface area contributed by atoms with Crippen molar-refractivity contribution in [3.8, 4) is 0 Å². The minimum Gasteiger partial charge on any atom is -0.395 e. The van der Waals surface area contributed by atoms with Crippen LogP contribution in [0, 0.1) is 50.2 Å². The van der Waals surface area contributed by atoms with Crippen molar-refractivity contribution in [2.45, 2.75) is 106 Å². The minimum atomic E-state index is -0.593. The third-order valence-corrected chi connectivity index (χ3v) is 12.7. The Kier molecular flexibility index (Phi) is 4.92. The van der Waals surface area contributed by atoms with E-state index in [1.165, 1.54) is 0 Å². The predicted molar refractivity (Wildman–Crippen MR) is 132 cm³/mol. The minimum absolute atomic E-state index is 0.0223. The molecule has 3 heteroatoms. The van der Waals surface area contributed by atoms with Crippen molar-refractivity contribution in [2.75, 3.05) is 6.61 Å². The Morgan fingerprint density at radius 2 is 1.61 bits per heavy atom. The van der Waals surface area contributed by atoms with Gasteiger partial charge in [-0.2, -0.15) is 0 Å². The lowest BCUT2D eigenvalue weighted by atomic mass is 9.33. The molecule has 0 saturated heterocycles. The first-order valence-electron chi connectivity index (χ1n) is 13.6. The highest BCUT2D eigenvalue weighted by Crippen LogP contribution is 2.75. The van der Waals surface area contributed by atoms with E-state index in [1.807, 2.05) is 6.92 Å². The van der Waals surface area contributed by atoms with Crippen molar-refractivity contribution in [1.82, 2.24) is 0 Å². The highest BCUT2D eigenvalue weighted by molar-refractivity contribution is 5.87. The van der Waals surface area contributed by atoms with Crippen LogP contribution >= 0.6 is 0 Å². The summed E-state index contributed by atoms with van der Waals surface area (Å²) in [6, 6.07) is 0. The average molecular weight is 455 g/mol. The molecule has 184 valence electrons. The van der Waals surface area contributed by atoms with Gasteiger partial charge < -0.3 is 5.11 Å². The zero-order valence-corrected chi connectivity index (χ0v) is 22.1. The molecular formula is C30H46O3. The molecule has 0 bridgehead atoms. The summed E-state index contributed by atoms with van der Waals surface area (Å²) < 4.78 is 0. The smallest absolute Gasteiger partial charge is 0.141 e. The fraction of sp³-hybridized carbons (Fsp3) is 0.867. The Hall–Kier alpha value is -0.960. The molecule has 33 heavy (non-hydrogen) atoms. The summed E-state index contributed by atoms with van der Waals surface area (Å²) >= 11 is 0. The Balaban J connectivity index is 1.60. The van der Waals surface area contributed by atoms with Crippen molar-refractivity contribution < 1.29 is 14.7 Å². The van der Waals surface area contributed by atoms with Crippen LogP contribution in [0.15, 0.2) is 11.6 Å². The first kappa shape index (κ1) is 23.8. The van der Waals surface area contributed by atoms with Crippen LogP contribution in [0.3, 0.4) is 0 Å². The summed E-state index contributed by atoms with van der Waals surface area (Å²) in [5, 5.41) is 10.3. The fourth-order valence-corrected chi connectivity index (χ4v) is 10.3. The van der Waals surface area contributed by atoms with Gasteiger partial charge in [0.05, 0.1) is 12.0 Å². The number of carbonyl (C=O) groups is 2. The van der Waals surface area contributed by atoms with Crippen LogP contribution in [-0.4, -0.2) is 23.3 Å². The van der Waals surface area contributed by atoms with Gasteiger partial charge in [-0.3, -0.25) is 9.59 Å². The summed E-state index contributed by atoms with van der Waals surface area (Å²) in [7, 11) is 0. The molecule has 1 N–H and O–H groups in total. The zero-order valence-electron chi connectivity index (χ0n) is 22.1. The number of Topliss-reactive ketones (excluding diaryl/α,β-unsaturated/α-hetero) is 2. The molecule has 0 amide bonds. The SMILES string of the molecule is CC1(C)CC(=O)[C@]2(C)CC[C@]3(C)C(=CCC4[C@@]5(C)CCC(=O)[C@](C)(CO)C5CC[C@]43C)[C@@H]2C1. The third kappa shape index (κ3) is 2.78. The van der Waals surface area contributed by atoms with Crippen LogP contribution in [-0.2, 0) is 9.59 Å². The van der Waals surface area contributed by atoms with Gasteiger partial charge in [0, 0.05) is 18.3 Å². The van der Waals surface area contributed by atoms with Crippen LogP contribution in [0.2, 0.25) is 0 Å². The van der Waals surface area contributed by atoms with E-state index in [1.54, 1.807) is 5.57 Å². The van der Waals surface area contributed by atoms with Crippen LogP contribution in [0.25, 0.3) is 0 Å². The average Bonchev–Trinajstić information content (AvgIpc) is 2.73. The van der Waals surface area contributed by atoms with Crippen molar-refractivity contribution >= 4 is 11.6 Å². The lowest BCUT2D eigenvalue weighted by Gasteiger charge is -2.70. The lowest BCUT2D eigenvalue weighted by molar-refractivity contribution is -0.191. The molecular weight excluding hydrogens is 408 g/mol. The molecule has 3 nitrogen and oxygen atoms in total. The van der Waals surface area contributed by atoms with Gasteiger partial charge in [-0.1, -0.05) is 60.1 Å². The summed E-state index contributed by atoms with van der Waals surface area (Å²) in [6.07, 6.45) is 11.3. The van der Waals surface area contributed by atoms with E-state index in [-0.39, 0.29) is 45.4 Å². The molecule has 2 unspecified atom stereocenters. The Labute approximate surface area is 201 Å². The number of aliphatic hydroxyl groups is 1. The van der Waals surface area contributed by atoms with Crippen LogP contribution in [0.1, 0.15) is 106 Å². The number of hydrogen-bond acceptors (Lipinski definition) is 3. The van der Waals surface area contributed by atoms with Crippen molar-refractivity contribution in [1.29, 1.82) is 0 Å². The second-order valence-electron chi connectivity index (χ2n) is 14.7. The molecule has 8 atom stereocenters. The maximum absolute atomic E-state index is 13.4. The number of rotatable bonds is 1. The fourth-order valence-electron chi connectivity index (χ4n) is 10.3. The Morgan fingerprint density at radius 1 is 0.909 bits per heavy atom. The van der Waals surface area contributed by atoms with Crippen molar-refractivity contribution in [3.63, 3.8) is 0 Å². The maximum atomic E-state index is 13.4. The molecule has 0 aromatic rings. The molecule has 0 heterocycles. The van der Waals surface area contributed by atoms with Gasteiger partial charge in [-0.25, -0.2) is 0 Å². The lowest BCUT2D eigenvalue weighted by Crippen LogP contribution is -2.65. The van der Waals surface area contributed by atoms with Gasteiger partial charge in [0.2, 0.25) is 0 Å². The standard InChI is InChI=1S/C30H46O3/c1-25(2)16-20-19-8-9-22-27(4)12-11-23(32)28(5,18-31)21(27)10-13-30(22,7)29(19,6)15-14-26(20,3)24(33)17-25/h8,20-22,31H,9-18H2,1-7H3/t20-,21?,22?,26+,27-,28+,29+,30+/m0/s1. The topological polar surface area (TPSA) is 54.4 Å². The number of hydrogen-bond donors (Lipinski definition) is 1. The first-order valence-corrected chi connectivity index (χ1v) is 13.6. The maximum Gasteiger partial charge on any atom is 0.141 e. The van der Waals surface area contributed by atoms with Crippen LogP contribution < -0.4 is 0 Å². The highest BCUT2D eigenvalue weighted by Gasteiger charge is 2.69. The van der Waals surface area contributed by atoms with E-state index >= 15 is 0 Å². The first-order chi connectivity index (χ1) is 15.2. The molecule has 0 aromatic heterocycles. The number of aliphatic hydroxyl groups excluding tert-OH is 1.